The molecule has 0 aliphatic rings. The molecule has 102 valence electrons. The fourth-order valence-electron chi connectivity index (χ4n) is 1.30. The van der Waals surface area contributed by atoms with E-state index >= 15 is 0 Å². The van der Waals surface area contributed by atoms with Crippen molar-refractivity contribution in [3.8, 4) is 0 Å². The quantitative estimate of drug-likeness (QED) is 0.305. The molecule has 0 spiro atoms. The van der Waals surface area contributed by atoms with Gasteiger partial charge < -0.3 is 9.84 Å². The molecule has 0 aromatic heterocycles. The average molecular weight is 259 g/mol. The summed E-state index contributed by atoms with van der Waals surface area (Å²) in [5, 5.41) is 8.69. The van der Waals surface area contributed by atoms with Crippen molar-refractivity contribution in [3.63, 3.8) is 0 Å². The number of carbonyl (C=O) groups is 1. The molecule has 0 heterocycles. The second-order valence-electron chi connectivity index (χ2n) is 3.29. The van der Waals surface area contributed by atoms with E-state index in [9.17, 15) is 18.0 Å². The normalized spacial score (nSPS) is 13.8. The summed E-state index contributed by atoms with van der Waals surface area (Å²) < 4.78 is 41.5. The number of halogens is 3. The monoisotopic (exact) mass is 259 g/mol. The van der Waals surface area contributed by atoms with Crippen LogP contribution in [0.2, 0.25) is 0 Å². The molecule has 1 atom stereocenters. The summed E-state index contributed by atoms with van der Waals surface area (Å²) in [6, 6.07) is -1.20. The van der Waals surface area contributed by atoms with Crippen LogP contribution < -0.4 is 11.3 Å². The molecule has 0 aliphatic heterocycles. The highest BCUT2D eigenvalue weighted by Gasteiger charge is 2.36. The van der Waals surface area contributed by atoms with Gasteiger partial charge in [-0.1, -0.05) is 0 Å². The van der Waals surface area contributed by atoms with E-state index in [1.807, 2.05) is 0 Å². The van der Waals surface area contributed by atoms with E-state index in [2.05, 4.69) is 4.74 Å². The lowest BCUT2D eigenvalue weighted by Gasteiger charge is -2.29. The number of rotatable bonds is 7. The summed E-state index contributed by atoms with van der Waals surface area (Å²) in [5.74, 6) is 4.07. The molecule has 4 N–H and O–H groups in total. The van der Waals surface area contributed by atoms with Gasteiger partial charge in [-0.3, -0.25) is 15.1 Å². The van der Waals surface area contributed by atoms with Gasteiger partial charge in [-0.25, -0.2) is 5.84 Å². The van der Waals surface area contributed by atoms with Gasteiger partial charge >= 0.3 is 6.18 Å². The molecule has 0 aromatic carbocycles. The number of hydrogen-bond acceptors (Lipinski definition) is 5. The minimum absolute atomic E-state index is 0.251. The Morgan fingerprint density at radius 1 is 1.59 bits per heavy atom. The summed E-state index contributed by atoms with van der Waals surface area (Å²) in [7, 11) is 1.25. The first-order valence-corrected chi connectivity index (χ1v) is 4.76. The molecular formula is C8H16F3N3O3. The Balaban J connectivity index is 4.75. The Hall–Kier alpha value is -0.900. The van der Waals surface area contributed by atoms with Crippen LogP contribution in [0, 0.1) is 0 Å². The third kappa shape index (κ3) is 6.41. The second-order valence-corrected chi connectivity index (χ2v) is 3.29. The number of carbonyl (C=O) groups excluding carboxylic acids is 1. The zero-order valence-corrected chi connectivity index (χ0v) is 9.33. The summed E-state index contributed by atoms with van der Waals surface area (Å²) in [4.78, 5) is 12.1. The summed E-state index contributed by atoms with van der Waals surface area (Å²) in [6.45, 7) is -2.39. The standard InChI is InChI=1S/C8H16F3N3O3/c1-17-4-6(7(16)13-12)14(2-3-15)5-8(9,10)11/h6,15H,2-5,12H2,1H3,(H,13,16). The van der Waals surface area contributed by atoms with Crippen LogP contribution in [-0.2, 0) is 9.53 Å². The minimum atomic E-state index is -4.48. The van der Waals surface area contributed by atoms with Crippen LogP contribution in [0.3, 0.4) is 0 Å². The molecule has 6 nitrogen and oxygen atoms in total. The van der Waals surface area contributed by atoms with Crippen LogP contribution in [0.15, 0.2) is 0 Å². The first kappa shape index (κ1) is 16.1. The number of methoxy groups -OCH3 is 1. The van der Waals surface area contributed by atoms with E-state index in [4.69, 9.17) is 10.9 Å². The summed E-state index contributed by atoms with van der Waals surface area (Å²) >= 11 is 0. The van der Waals surface area contributed by atoms with Crippen LogP contribution in [-0.4, -0.2) is 61.5 Å². The van der Waals surface area contributed by atoms with Crippen LogP contribution in [0.5, 0.6) is 0 Å². The molecule has 0 saturated carbocycles. The van der Waals surface area contributed by atoms with E-state index in [1.165, 1.54) is 7.11 Å². The predicted octanol–water partition coefficient (Wildman–Crippen LogP) is -1.15. The highest BCUT2D eigenvalue weighted by Crippen LogP contribution is 2.18. The molecule has 0 aromatic rings. The van der Waals surface area contributed by atoms with E-state index in [-0.39, 0.29) is 13.2 Å². The van der Waals surface area contributed by atoms with Crippen LogP contribution in [0.1, 0.15) is 0 Å². The number of nitrogens with one attached hydrogen (secondary N) is 1. The highest BCUT2D eigenvalue weighted by molar-refractivity contribution is 5.81. The summed E-state index contributed by atoms with van der Waals surface area (Å²) in [5.41, 5.74) is 1.76. The van der Waals surface area contributed by atoms with Gasteiger partial charge in [0, 0.05) is 13.7 Å². The number of hydrazine groups is 1. The van der Waals surface area contributed by atoms with Gasteiger partial charge in [-0.15, -0.1) is 0 Å². The van der Waals surface area contributed by atoms with Crippen molar-refractivity contribution in [1.29, 1.82) is 0 Å². The van der Waals surface area contributed by atoms with Crippen molar-refractivity contribution in [2.24, 2.45) is 5.84 Å². The van der Waals surface area contributed by atoms with E-state index in [0.29, 0.717) is 0 Å². The number of aliphatic hydroxyl groups excluding tert-OH is 1. The zero-order valence-electron chi connectivity index (χ0n) is 9.33. The Morgan fingerprint density at radius 2 is 2.18 bits per heavy atom. The zero-order chi connectivity index (χ0) is 13.5. The fraction of sp³-hybridized carbons (Fsp3) is 0.875. The molecule has 0 aliphatic carbocycles. The molecule has 9 heteroatoms. The molecule has 0 radical (unpaired) electrons. The van der Waals surface area contributed by atoms with Crippen LogP contribution in [0.25, 0.3) is 0 Å². The molecular weight excluding hydrogens is 243 g/mol. The molecule has 0 bridgehead atoms. The maximum atomic E-state index is 12.3. The SMILES string of the molecule is COCC(C(=O)NN)N(CCO)CC(F)(F)F. The van der Waals surface area contributed by atoms with Gasteiger partial charge in [-0.05, 0) is 0 Å². The number of amides is 1. The average Bonchev–Trinajstić information content (AvgIpc) is 2.22. The van der Waals surface area contributed by atoms with E-state index < -0.39 is 31.3 Å². The molecule has 1 amide bonds. The first-order valence-electron chi connectivity index (χ1n) is 4.76. The number of nitrogens with two attached hydrogens (primary N) is 1. The van der Waals surface area contributed by atoms with Crippen molar-refractivity contribution >= 4 is 5.91 Å². The molecule has 0 rings (SSSR count). The summed E-state index contributed by atoms with van der Waals surface area (Å²) in [6.07, 6.45) is -4.48. The lowest BCUT2D eigenvalue weighted by Crippen LogP contribution is -2.54. The lowest BCUT2D eigenvalue weighted by molar-refractivity contribution is -0.158. The van der Waals surface area contributed by atoms with Gasteiger partial charge in [0.05, 0.1) is 19.8 Å². The molecule has 1 unspecified atom stereocenters. The van der Waals surface area contributed by atoms with Crippen molar-refractivity contribution in [1.82, 2.24) is 10.3 Å². The number of hydrogen-bond donors (Lipinski definition) is 3. The molecule has 0 saturated heterocycles. The van der Waals surface area contributed by atoms with Gasteiger partial charge in [0.25, 0.3) is 5.91 Å². The first-order chi connectivity index (χ1) is 7.85. The Labute approximate surface area is 96.5 Å². The van der Waals surface area contributed by atoms with E-state index in [1.54, 1.807) is 5.43 Å². The van der Waals surface area contributed by atoms with Crippen LogP contribution in [0.4, 0.5) is 13.2 Å². The van der Waals surface area contributed by atoms with Crippen molar-refractivity contribution in [2.75, 3.05) is 33.4 Å². The third-order valence-corrected chi connectivity index (χ3v) is 1.98. The maximum Gasteiger partial charge on any atom is 0.401 e. The Kier molecular flexibility index (Phi) is 7.04. The fourth-order valence-corrected chi connectivity index (χ4v) is 1.30. The van der Waals surface area contributed by atoms with Gasteiger partial charge in [0.1, 0.15) is 6.04 Å². The second kappa shape index (κ2) is 7.43. The highest BCUT2D eigenvalue weighted by atomic mass is 19.4. The third-order valence-electron chi connectivity index (χ3n) is 1.98. The van der Waals surface area contributed by atoms with Gasteiger partial charge in [0.15, 0.2) is 0 Å². The van der Waals surface area contributed by atoms with Gasteiger partial charge in [-0.2, -0.15) is 13.2 Å². The molecule has 17 heavy (non-hydrogen) atoms. The molecule has 0 fully saturated rings. The van der Waals surface area contributed by atoms with Crippen molar-refractivity contribution in [2.45, 2.75) is 12.2 Å². The lowest BCUT2D eigenvalue weighted by atomic mass is 10.2. The van der Waals surface area contributed by atoms with Crippen molar-refractivity contribution < 1.29 is 27.8 Å². The Morgan fingerprint density at radius 3 is 2.53 bits per heavy atom. The number of ether oxygens (including phenoxy) is 1. The van der Waals surface area contributed by atoms with Gasteiger partial charge in [0.2, 0.25) is 0 Å². The Bertz CT molecular complexity index is 238. The maximum absolute atomic E-state index is 12.3. The number of aliphatic hydroxyl groups is 1. The minimum Gasteiger partial charge on any atom is -0.395 e. The van der Waals surface area contributed by atoms with Crippen LogP contribution >= 0.6 is 0 Å². The largest absolute Gasteiger partial charge is 0.401 e. The smallest absolute Gasteiger partial charge is 0.395 e. The topological polar surface area (TPSA) is 87.8 Å². The van der Waals surface area contributed by atoms with E-state index in [0.717, 1.165) is 4.90 Å². The van der Waals surface area contributed by atoms with Crippen molar-refractivity contribution in [3.05, 3.63) is 0 Å². The number of alkyl halides is 3. The predicted molar refractivity (Wildman–Crippen MR) is 52.7 cm³/mol. The number of nitrogens with zero attached hydrogens (tertiary/aromatic N) is 1.